The molecular formula is C12H14BrFN2O. The van der Waals surface area contributed by atoms with Crippen LogP contribution < -0.4 is 11.1 Å². The lowest BCUT2D eigenvalue weighted by atomic mass is 10.1. The van der Waals surface area contributed by atoms with Crippen LogP contribution in [0, 0.1) is 11.2 Å². The number of nitrogens with one attached hydrogen (secondary N) is 1. The molecule has 3 N–H and O–H groups in total. The second kappa shape index (κ2) is 4.74. The molecule has 1 aliphatic carbocycles. The van der Waals surface area contributed by atoms with Gasteiger partial charge in [-0.15, -0.1) is 0 Å². The summed E-state index contributed by atoms with van der Waals surface area (Å²) in [6.45, 7) is 1.09. The first-order valence-corrected chi connectivity index (χ1v) is 6.29. The Bertz CT molecular complexity index is 446. The van der Waals surface area contributed by atoms with Crippen molar-refractivity contribution in [2.45, 2.75) is 12.8 Å². The number of hydrogen-bond acceptors (Lipinski definition) is 2. The fraction of sp³-hybridized carbons (Fsp3) is 0.417. The number of benzene rings is 1. The Hall–Kier alpha value is -0.940. The van der Waals surface area contributed by atoms with E-state index >= 15 is 0 Å². The lowest BCUT2D eigenvalue weighted by Crippen LogP contribution is -2.34. The van der Waals surface area contributed by atoms with Crippen molar-refractivity contribution in [3.8, 4) is 0 Å². The standard InChI is InChI=1S/C12H14BrFN2O/c13-8-1-2-10(14)9(5-8)11(17)16-7-12(6-15)3-4-12/h1-2,5H,3-4,6-7,15H2,(H,16,17). The third-order valence-electron chi connectivity index (χ3n) is 3.19. The molecule has 1 aliphatic rings. The Morgan fingerprint density at radius 1 is 1.53 bits per heavy atom. The molecule has 0 bridgehead atoms. The van der Waals surface area contributed by atoms with Gasteiger partial charge in [0.25, 0.3) is 5.91 Å². The molecule has 0 aromatic heterocycles. The summed E-state index contributed by atoms with van der Waals surface area (Å²) in [5.74, 6) is -0.896. The molecule has 0 saturated heterocycles. The van der Waals surface area contributed by atoms with E-state index in [1.54, 1.807) is 6.07 Å². The summed E-state index contributed by atoms with van der Waals surface area (Å²) in [6, 6.07) is 4.32. The topological polar surface area (TPSA) is 55.1 Å². The van der Waals surface area contributed by atoms with Gasteiger partial charge in [-0.3, -0.25) is 4.79 Å². The highest BCUT2D eigenvalue weighted by Crippen LogP contribution is 2.43. The molecule has 1 aromatic carbocycles. The summed E-state index contributed by atoms with van der Waals surface area (Å²) in [5.41, 5.74) is 5.73. The van der Waals surface area contributed by atoms with Crippen molar-refractivity contribution in [2.24, 2.45) is 11.1 Å². The number of hydrogen-bond donors (Lipinski definition) is 2. The van der Waals surface area contributed by atoms with Gasteiger partial charge in [0.15, 0.2) is 0 Å². The summed E-state index contributed by atoms with van der Waals surface area (Å²) < 4.78 is 14.1. The fourth-order valence-corrected chi connectivity index (χ4v) is 2.03. The monoisotopic (exact) mass is 300 g/mol. The highest BCUT2D eigenvalue weighted by Gasteiger charge is 2.41. The van der Waals surface area contributed by atoms with Crippen molar-refractivity contribution >= 4 is 21.8 Å². The highest BCUT2D eigenvalue weighted by molar-refractivity contribution is 9.10. The second-order valence-electron chi connectivity index (χ2n) is 4.51. The Balaban J connectivity index is 2.02. The molecule has 5 heteroatoms. The summed E-state index contributed by atoms with van der Waals surface area (Å²) in [6.07, 6.45) is 2.06. The maximum absolute atomic E-state index is 13.4. The summed E-state index contributed by atoms with van der Waals surface area (Å²) >= 11 is 3.21. The number of amides is 1. The van der Waals surface area contributed by atoms with Crippen LogP contribution in [0.2, 0.25) is 0 Å². The van der Waals surface area contributed by atoms with Crippen molar-refractivity contribution in [2.75, 3.05) is 13.1 Å². The average Bonchev–Trinajstić information content (AvgIpc) is 3.10. The first-order chi connectivity index (χ1) is 8.06. The van der Waals surface area contributed by atoms with Gasteiger partial charge in [0.05, 0.1) is 5.56 Å². The molecule has 0 spiro atoms. The SMILES string of the molecule is NCC1(CNC(=O)c2cc(Br)ccc2F)CC1. The average molecular weight is 301 g/mol. The van der Waals surface area contributed by atoms with E-state index in [1.165, 1.54) is 12.1 Å². The maximum Gasteiger partial charge on any atom is 0.254 e. The maximum atomic E-state index is 13.4. The van der Waals surface area contributed by atoms with Gasteiger partial charge in [0.2, 0.25) is 0 Å². The van der Waals surface area contributed by atoms with E-state index in [9.17, 15) is 9.18 Å². The molecule has 3 nitrogen and oxygen atoms in total. The van der Waals surface area contributed by atoms with Gasteiger partial charge in [-0.2, -0.15) is 0 Å². The van der Waals surface area contributed by atoms with Crippen LogP contribution in [0.25, 0.3) is 0 Å². The quantitative estimate of drug-likeness (QED) is 0.894. The van der Waals surface area contributed by atoms with Crippen LogP contribution >= 0.6 is 15.9 Å². The van der Waals surface area contributed by atoms with E-state index in [-0.39, 0.29) is 16.9 Å². The van der Waals surface area contributed by atoms with E-state index in [2.05, 4.69) is 21.2 Å². The van der Waals surface area contributed by atoms with Crippen LogP contribution in [0.5, 0.6) is 0 Å². The largest absolute Gasteiger partial charge is 0.351 e. The molecule has 0 aliphatic heterocycles. The van der Waals surface area contributed by atoms with E-state index in [4.69, 9.17) is 5.73 Å². The molecule has 1 amide bonds. The highest BCUT2D eigenvalue weighted by atomic mass is 79.9. The molecule has 1 saturated carbocycles. The van der Waals surface area contributed by atoms with Crippen LogP contribution in [0.1, 0.15) is 23.2 Å². The molecule has 2 rings (SSSR count). The van der Waals surface area contributed by atoms with Crippen molar-refractivity contribution in [1.29, 1.82) is 0 Å². The third-order valence-corrected chi connectivity index (χ3v) is 3.68. The Morgan fingerprint density at radius 2 is 2.24 bits per heavy atom. The minimum atomic E-state index is -0.511. The van der Waals surface area contributed by atoms with Gasteiger partial charge in [0, 0.05) is 16.4 Å². The fourth-order valence-electron chi connectivity index (χ4n) is 1.66. The molecule has 1 fully saturated rings. The number of rotatable bonds is 4. The van der Waals surface area contributed by atoms with Gasteiger partial charge in [-0.05, 0) is 37.6 Å². The molecular weight excluding hydrogens is 287 g/mol. The first-order valence-electron chi connectivity index (χ1n) is 5.50. The van der Waals surface area contributed by atoms with E-state index in [0.717, 1.165) is 12.8 Å². The minimum absolute atomic E-state index is 0.0537. The summed E-state index contributed by atoms with van der Waals surface area (Å²) in [7, 11) is 0. The van der Waals surface area contributed by atoms with Gasteiger partial charge >= 0.3 is 0 Å². The molecule has 92 valence electrons. The van der Waals surface area contributed by atoms with E-state index in [0.29, 0.717) is 17.6 Å². The molecule has 17 heavy (non-hydrogen) atoms. The number of carbonyl (C=O) groups is 1. The third kappa shape index (κ3) is 2.84. The van der Waals surface area contributed by atoms with Gasteiger partial charge in [-0.1, -0.05) is 15.9 Å². The molecule has 1 aromatic rings. The van der Waals surface area contributed by atoms with Crippen molar-refractivity contribution < 1.29 is 9.18 Å². The van der Waals surface area contributed by atoms with Crippen molar-refractivity contribution in [3.05, 3.63) is 34.1 Å². The lowest BCUT2D eigenvalue weighted by Gasteiger charge is -2.13. The van der Waals surface area contributed by atoms with Crippen LogP contribution in [-0.2, 0) is 0 Å². The predicted octanol–water partition coefficient (Wildman–Crippen LogP) is 2.06. The number of halogens is 2. The Morgan fingerprint density at radius 3 is 2.82 bits per heavy atom. The van der Waals surface area contributed by atoms with Crippen LogP contribution in [-0.4, -0.2) is 19.0 Å². The lowest BCUT2D eigenvalue weighted by molar-refractivity contribution is 0.0941. The Labute approximate surface area is 108 Å². The smallest absolute Gasteiger partial charge is 0.254 e. The van der Waals surface area contributed by atoms with Crippen LogP contribution in [0.15, 0.2) is 22.7 Å². The van der Waals surface area contributed by atoms with Gasteiger partial charge in [-0.25, -0.2) is 4.39 Å². The normalized spacial score (nSPS) is 16.6. The van der Waals surface area contributed by atoms with Crippen molar-refractivity contribution in [1.82, 2.24) is 5.32 Å². The number of carbonyl (C=O) groups excluding carboxylic acids is 1. The van der Waals surface area contributed by atoms with Crippen LogP contribution in [0.4, 0.5) is 4.39 Å². The van der Waals surface area contributed by atoms with E-state index < -0.39 is 5.82 Å². The van der Waals surface area contributed by atoms with Crippen LogP contribution in [0.3, 0.4) is 0 Å². The summed E-state index contributed by atoms with van der Waals surface area (Å²) in [4.78, 5) is 11.8. The molecule has 0 heterocycles. The number of nitrogens with two attached hydrogens (primary N) is 1. The zero-order chi connectivity index (χ0) is 12.5. The minimum Gasteiger partial charge on any atom is -0.351 e. The molecule has 0 unspecified atom stereocenters. The Kier molecular flexibility index (Phi) is 3.49. The van der Waals surface area contributed by atoms with E-state index in [1.807, 2.05) is 0 Å². The molecule has 0 atom stereocenters. The summed E-state index contributed by atoms with van der Waals surface area (Å²) in [5, 5.41) is 2.74. The zero-order valence-electron chi connectivity index (χ0n) is 9.30. The van der Waals surface area contributed by atoms with Crippen molar-refractivity contribution in [3.63, 3.8) is 0 Å². The zero-order valence-corrected chi connectivity index (χ0v) is 10.9. The molecule has 0 radical (unpaired) electrons. The van der Waals surface area contributed by atoms with Gasteiger partial charge in [0.1, 0.15) is 5.82 Å². The van der Waals surface area contributed by atoms with Gasteiger partial charge < -0.3 is 11.1 Å². The first kappa shape index (κ1) is 12.5. The predicted molar refractivity (Wildman–Crippen MR) is 67.2 cm³/mol. The second-order valence-corrected chi connectivity index (χ2v) is 5.43.